The van der Waals surface area contributed by atoms with E-state index in [1.54, 1.807) is 6.92 Å². The molecule has 0 bridgehead atoms. The molecule has 0 radical (unpaired) electrons. The van der Waals surface area contributed by atoms with Crippen LogP contribution in [-0.4, -0.2) is 31.2 Å². The summed E-state index contributed by atoms with van der Waals surface area (Å²) in [6.45, 7) is 1.57. The molecule has 20 heavy (non-hydrogen) atoms. The number of alkyl halides is 3. The second-order valence-electron chi connectivity index (χ2n) is 5.23. The molecule has 0 aromatic heterocycles. The molecule has 1 aliphatic rings. The van der Waals surface area contributed by atoms with Gasteiger partial charge in [-0.25, -0.2) is 0 Å². The molecular formula is C13H20F3NO3. The summed E-state index contributed by atoms with van der Waals surface area (Å²) >= 11 is 0. The van der Waals surface area contributed by atoms with Crippen molar-refractivity contribution in [3.63, 3.8) is 0 Å². The van der Waals surface area contributed by atoms with Crippen molar-refractivity contribution in [3.8, 4) is 0 Å². The standard InChI is InChI=1S/C13H20F3NO3/c1-8(7-11(18)20-2)17-12(19)9-5-3-4-6-10(9)13(14,15)16/h8-10H,3-7H2,1-2H3,(H,17,19). The number of esters is 1. The van der Waals surface area contributed by atoms with Gasteiger partial charge in [0.1, 0.15) is 0 Å². The molecule has 1 rings (SSSR count). The molecular weight excluding hydrogens is 275 g/mol. The predicted octanol–water partition coefficient (Wildman–Crippen LogP) is 2.42. The van der Waals surface area contributed by atoms with Gasteiger partial charge in [-0.2, -0.15) is 13.2 Å². The number of methoxy groups -OCH3 is 1. The molecule has 1 fully saturated rings. The van der Waals surface area contributed by atoms with Crippen molar-refractivity contribution >= 4 is 11.9 Å². The van der Waals surface area contributed by atoms with Crippen LogP contribution in [0.4, 0.5) is 13.2 Å². The lowest BCUT2D eigenvalue weighted by Crippen LogP contribution is -2.45. The third kappa shape index (κ3) is 4.68. The molecule has 3 atom stereocenters. The number of hydrogen-bond donors (Lipinski definition) is 1. The highest BCUT2D eigenvalue weighted by molar-refractivity contribution is 5.80. The summed E-state index contributed by atoms with van der Waals surface area (Å²) in [4.78, 5) is 23.0. The second kappa shape index (κ2) is 6.95. The van der Waals surface area contributed by atoms with Crippen molar-refractivity contribution in [1.82, 2.24) is 5.32 Å². The minimum Gasteiger partial charge on any atom is -0.469 e. The molecule has 0 aromatic carbocycles. The van der Waals surface area contributed by atoms with Crippen LogP contribution in [0.3, 0.4) is 0 Å². The molecule has 0 saturated heterocycles. The lowest BCUT2D eigenvalue weighted by molar-refractivity contribution is -0.198. The highest BCUT2D eigenvalue weighted by atomic mass is 19.4. The molecule has 1 aliphatic carbocycles. The smallest absolute Gasteiger partial charge is 0.392 e. The molecule has 4 nitrogen and oxygen atoms in total. The Morgan fingerprint density at radius 2 is 1.90 bits per heavy atom. The summed E-state index contributed by atoms with van der Waals surface area (Å²) in [6, 6.07) is -0.536. The number of ether oxygens (including phenoxy) is 1. The number of rotatable bonds is 4. The fourth-order valence-corrected chi connectivity index (χ4v) is 2.57. The van der Waals surface area contributed by atoms with Crippen LogP contribution in [0.25, 0.3) is 0 Å². The van der Waals surface area contributed by atoms with Gasteiger partial charge in [0.2, 0.25) is 5.91 Å². The zero-order valence-electron chi connectivity index (χ0n) is 11.6. The summed E-state index contributed by atoms with van der Waals surface area (Å²) < 4.78 is 43.2. The zero-order chi connectivity index (χ0) is 15.3. The Morgan fingerprint density at radius 3 is 2.45 bits per heavy atom. The lowest BCUT2D eigenvalue weighted by atomic mass is 9.78. The third-order valence-electron chi connectivity index (χ3n) is 3.61. The van der Waals surface area contributed by atoms with Crippen LogP contribution < -0.4 is 5.32 Å². The van der Waals surface area contributed by atoms with E-state index < -0.39 is 35.9 Å². The largest absolute Gasteiger partial charge is 0.469 e. The van der Waals surface area contributed by atoms with Gasteiger partial charge in [-0.3, -0.25) is 9.59 Å². The highest BCUT2D eigenvalue weighted by Gasteiger charge is 2.48. The van der Waals surface area contributed by atoms with E-state index >= 15 is 0 Å². The van der Waals surface area contributed by atoms with Crippen LogP contribution in [0, 0.1) is 11.8 Å². The number of halogens is 3. The first-order valence-electron chi connectivity index (χ1n) is 6.69. The van der Waals surface area contributed by atoms with Crippen molar-refractivity contribution in [2.75, 3.05) is 7.11 Å². The molecule has 1 saturated carbocycles. The van der Waals surface area contributed by atoms with Crippen molar-refractivity contribution in [2.45, 2.75) is 51.2 Å². The maximum Gasteiger partial charge on any atom is 0.392 e. The van der Waals surface area contributed by atoms with E-state index in [0.29, 0.717) is 12.8 Å². The Kier molecular flexibility index (Phi) is 5.83. The maximum atomic E-state index is 12.9. The SMILES string of the molecule is COC(=O)CC(C)NC(=O)C1CCCCC1C(F)(F)F. The first-order chi connectivity index (χ1) is 9.25. The van der Waals surface area contributed by atoms with Crippen LogP contribution in [-0.2, 0) is 14.3 Å². The average molecular weight is 295 g/mol. The number of carbonyl (C=O) groups excluding carboxylic acids is 2. The summed E-state index contributed by atoms with van der Waals surface area (Å²) in [6.07, 6.45) is -3.06. The Morgan fingerprint density at radius 1 is 1.30 bits per heavy atom. The van der Waals surface area contributed by atoms with E-state index in [2.05, 4.69) is 10.1 Å². The van der Waals surface area contributed by atoms with Crippen LogP contribution in [0.2, 0.25) is 0 Å². The van der Waals surface area contributed by atoms with Crippen LogP contribution in [0.5, 0.6) is 0 Å². The maximum absolute atomic E-state index is 12.9. The summed E-state index contributed by atoms with van der Waals surface area (Å²) in [5.74, 6) is -3.76. The van der Waals surface area contributed by atoms with Gasteiger partial charge in [0.15, 0.2) is 0 Å². The molecule has 1 N–H and O–H groups in total. The van der Waals surface area contributed by atoms with E-state index in [1.165, 1.54) is 7.11 Å². The number of amides is 1. The Labute approximate surface area is 116 Å². The quantitative estimate of drug-likeness (QED) is 0.810. The Balaban J connectivity index is 2.62. The first-order valence-corrected chi connectivity index (χ1v) is 6.69. The van der Waals surface area contributed by atoms with E-state index in [-0.39, 0.29) is 19.3 Å². The van der Waals surface area contributed by atoms with E-state index in [0.717, 1.165) is 0 Å². The van der Waals surface area contributed by atoms with Crippen molar-refractivity contribution in [1.29, 1.82) is 0 Å². The average Bonchev–Trinajstić information content (AvgIpc) is 2.37. The molecule has 0 heterocycles. The molecule has 0 spiro atoms. The third-order valence-corrected chi connectivity index (χ3v) is 3.61. The zero-order valence-corrected chi connectivity index (χ0v) is 11.6. The molecule has 116 valence electrons. The summed E-state index contributed by atoms with van der Waals surface area (Å²) in [5, 5.41) is 2.48. The fraction of sp³-hybridized carbons (Fsp3) is 0.846. The van der Waals surface area contributed by atoms with Gasteiger partial charge in [-0.1, -0.05) is 12.8 Å². The first kappa shape index (κ1) is 16.8. The van der Waals surface area contributed by atoms with Gasteiger partial charge >= 0.3 is 12.1 Å². The van der Waals surface area contributed by atoms with Crippen molar-refractivity contribution in [3.05, 3.63) is 0 Å². The minimum atomic E-state index is -4.35. The van der Waals surface area contributed by atoms with Gasteiger partial charge in [-0.05, 0) is 19.8 Å². The van der Waals surface area contributed by atoms with E-state index in [1.807, 2.05) is 0 Å². The van der Waals surface area contributed by atoms with Gasteiger partial charge in [0.25, 0.3) is 0 Å². The molecule has 1 amide bonds. The summed E-state index contributed by atoms with van der Waals surface area (Å²) in [5.41, 5.74) is 0. The molecule has 7 heteroatoms. The number of hydrogen-bond acceptors (Lipinski definition) is 3. The Hall–Kier alpha value is -1.27. The number of carbonyl (C=O) groups is 2. The van der Waals surface area contributed by atoms with Crippen molar-refractivity contribution < 1.29 is 27.5 Å². The minimum absolute atomic E-state index is 0.00697. The lowest BCUT2D eigenvalue weighted by Gasteiger charge is -2.32. The molecule has 0 aliphatic heterocycles. The predicted molar refractivity (Wildman–Crippen MR) is 65.7 cm³/mol. The highest BCUT2D eigenvalue weighted by Crippen LogP contribution is 2.41. The summed E-state index contributed by atoms with van der Waals surface area (Å²) in [7, 11) is 1.22. The molecule has 3 unspecified atom stereocenters. The van der Waals surface area contributed by atoms with Gasteiger partial charge in [-0.15, -0.1) is 0 Å². The monoisotopic (exact) mass is 295 g/mol. The van der Waals surface area contributed by atoms with Crippen LogP contribution in [0.1, 0.15) is 39.0 Å². The molecule has 0 aromatic rings. The Bertz CT molecular complexity index is 357. The van der Waals surface area contributed by atoms with Gasteiger partial charge in [0, 0.05) is 12.0 Å². The normalized spacial score (nSPS) is 24.9. The fourth-order valence-electron chi connectivity index (χ4n) is 2.57. The van der Waals surface area contributed by atoms with Gasteiger partial charge < -0.3 is 10.1 Å². The second-order valence-corrected chi connectivity index (χ2v) is 5.23. The van der Waals surface area contributed by atoms with E-state index in [9.17, 15) is 22.8 Å². The number of nitrogens with one attached hydrogen (secondary N) is 1. The van der Waals surface area contributed by atoms with Crippen LogP contribution >= 0.6 is 0 Å². The van der Waals surface area contributed by atoms with Crippen LogP contribution in [0.15, 0.2) is 0 Å². The van der Waals surface area contributed by atoms with Gasteiger partial charge in [0.05, 0.1) is 19.4 Å². The van der Waals surface area contributed by atoms with Crippen molar-refractivity contribution in [2.24, 2.45) is 11.8 Å². The van der Waals surface area contributed by atoms with E-state index in [4.69, 9.17) is 0 Å². The topological polar surface area (TPSA) is 55.4 Å².